The van der Waals surface area contributed by atoms with Gasteiger partial charge < -0.3 is 15.0 Å². The van der Waals surface area contributed by atoms with Crippen LogP contribution in [0.5, 0.6) is 5.88 Å². The third-order valence-electron chi connectivity index (χ3n) is 1.27. The van der Waals surface area contributed by atoms with E-state index in [1.54, 1.807) is 13.2 Å². The van der Waals surface area contributed by atoms with Gasteiger partial charge in [0.05, 0.1) is 7.11 Å². The molecule has 0 aliphatic heterocycles. The predicted octanol–water partition coefficient (Wildman–Crippen LogP) is 0.573. The van der Waals surface area contributed by atoms with E-state index in [1.807, 2.05) is 6.92 Å². The Balaban J connectivity index is 2.58. The van der Waals surface area contributed by atoms with E-state index in [2.05, 4.69) is 5.16 Å². The minimum Gasteiger partial charge on any atom is -0.479 e. The molecule has 1 aromatic heterocycles. The summed E-state index contributed by atoms with van der Waals surface area (Å²) in [6.45, 7) is 1.91. The highest BCUT2D eigenvalue weighted by atomic mass is 16.5. The Morgan fingerprint density at radius 2 is 2.55 bits per heavy atom. The van der Waals surface area contributed by atoms with Crippen molar-refractivity contribution in [3.63, 3.8) is 0 Å². The lowest BCUT2D eigenvalue weighted by Gasteiger charge is -1.97. The first kappa shape index (κ1) is 8.07. The van der Waals surface area contributed by atoms with Crippen LogP contribution in [0.15, 0.2) is 10.6 Å². The number of nitrogens with zero attached hydrogens (tertiary/aromatic N) is 1. The third-order valence-corrected chi connectivity index (χ3v) is 1.27. The zero-order valence-electron chi connectivity index (χ0n) is 6.70. The zero-order valence-corrected chi connectivity index (χ0v) is 6.70. The van der Waals surface area contributed by atoms with Crippen LogP contribution in [-0.2, 0) is 6.42 Å². The smallest absolute Gasteiger partial charge is 0.254 e. The molecule has 62 valence electrons. The molecule has 2 N–H and O–H groups in total. The average molecular weight is 156 g/mol. The second-order valence-corrected chi connectivity index (χ2v) is 2.52. The molecule has 1 atom stereocenters. The van der Waals surface area contributed by atoms with E-state index >= 15 is 0 Å². The fourth-order valence-electron chi connectivity index (χ4n) is 0.804. The van der Waals surface area contributed by atoms with Crippen molar-refractivity contribution in [1.82, 2.24) is 5.16 Å². The summed E-state index contributed by atoms with van der Waals surface area (Å²) < 4.78 is 9.74. The number of methoxy groups -OCH3 is 1. The van der Waals surface area contributed by atoms with Gasteiger partial charge in [-0.25, -0.2) is 0 Å². The molecule has 0 radical (unpaired) electrons. The van der Waals surface area contributed by atoms with Crippen molar-refractivity contribution in [2.75, 3.05) is 7.11 Å². The minimum atomic E-state index is 0.0904. The minimum absolute atomic E-state index is 0.0904. The third kappa shape index (κ3) is 2.23. The van der Waals surface area contributed by atoms with Crippen LogP contribution in [0, 0.1) is 0 Å². The van der Waals surface area contributed by atoms with Crippen molar-refractivity contribution in [2.24, 2.45) is 5.73 Å². The Labute approximate surface area is 65.3 Å². The summed E-state index contributed by atoms with van der Waals surface area (Å²) in [6.07, 6.45) is 0.691. The number of rotatable bonds is 3. The highest BCUT2D eigenvalue weighted by Crippen LogP contribution is 2.11. The number of hydrogen-bond acceptors (Lipinski definition) is 4. The van der Waals surface area contributed by atoms with E-state index in [0.29, 0.717) is 12.3 Å². The van der Waals surface area contributed by atoms with Gasteiger partial charge in [-0.1, -0.05) is 0 Å². The molecule has 1 heterocycles. The molecular formula is C7H12N2O2. The first-order valence-corrected chi connectivity index (χ1v) is 3.47. The standard InChI is InChI=1S/C7H12N2O2/c1-5(8)3-6-4-7(10-2)9-11-6/h4-5H,3,8H2,1-2H3/t5-/m1/s1. The highest BCUT2D eigenvalue weighted by molar-refractivity contribution is 5.11. The van der Waals surface area contributed by atoms with Gasteiger partial charge >= 0.3 is 0 Å². The summed E-state index contributed by atoms with van der Waals surface area (Å²) in [5, 5.41) is 3.63. The molecule has 0 aromatic carbocycles. The molecule has 0 spiro atoms. The molecule has 0 saturated carbocycles. The van der Waals surface area contributed by atoms with Gasteiger partial charge in [0.15, 0.2) is 0 Å². The Morgan fingerprint density at radius 3 is 3.00 bits per heavy atom. The largest absolute Gasteiger partial charge is 0.479 e. The summed E-state index contributed by atoms with van der Waals surface area (Å²) in [6, 6.07) is 1.83. The Kier molecular flexibility index (Phi) is 2.48. The molecule has 11 heavy (non-hydrogen) atoms. The van der Waals surface area contributed by atoms with Crippen LogP contribution in [0.2, 0.25) is 0 Å². The zero-order chi connectivity index (χ0) is 8.27. The number of ether oxygens (including phenoxy) is 1. The van der Waals surface area contributed by atoms with Crippen molar-refractivity contribution >= 4 is 0 Å². The van der Waals surface area contributed by atoms with Crippen molar-refractivity contribution < 1.29 is 9.26 Å². The van der Waals surface area contributed by atoms with E-state index < -0.39 is 0 Å². The molecule has 0 aliphatic rings. The number of hydrogen-bond donors (Lipinski definition) is 1. The maximum absolute atomic E-state index is 5.55. The Hall–Kier alpha value is -1.03. The van der Waals surface area contributed by atoms with Crippen LogP contribution in [0.4, 0.5) is 0 Å². The number of nitrogens with two attached hydrogens (primary N) is 1. The van der Waals surface area contributed by atoms with Gasteiger partial charge in [-0.05, 0) is 12.1 Å². The van der Waals surface area contributed by atoms with E-state index in [4.69, 9.17) is 15.0 Å². The van der Waals surface area contributed by atoms with Crippen molar-refractivity contribution in [2.45, 2.75) is 19.4 Å². The SMILES string of the molecule is COc1cc(C[C@@H](C)N)on1. The fraction of sp³-hybridized carbons (Fsp3) is 0.571. The van der Waals surface area contributed by atoms with Gasteiger partial charge in [0.1, 0.15) is 5.76 Å². The molecule has 1 aromatic rings. The fourth-order valence-corrected chi connectivity index (χ4v) is 0.804. The van der Waals surface area contributed by atoms with E-state index in [1.165, 1.54) is 0 Å². The molecule has 0 unspecified atom stereocenters. The van der Waals surface area contributed by atoms with Gasteiger partial charge in [-0.3, -0.25) is 0 Å². The summed E-state index contributed by atoms with van der Waals surface area (Å²) in [7, 11) is 1.55. The lowest BCUT2D eigenvalue weighted by Crippen LogP contribution is -2.17. The maximum Gasteiger partial charge on any atom is 0.254 e. The van der Waals surface area contributed by atoms with Crippen LogP contribution in [0.3, 0.4) is 0 Å². The second kappa shape index (κ2) is 3.39. The first-order chi connectivity index (χ1) is 5.22. The van der Waals surface area contributed by atoms with Crippen LogP contribution in [0.1, 0.15) is 12.7 Å². The molecule has 0 aliphatic carbocycles. The van der Waals surface area contributed by atoms with Crippen LogP contribution in [-0.4, -0.2) is 18.3 Å². The van der Waals surface area contributed by atoms with Crippen LogP contribution < -0.4 is 10.5 Å². The molecule has 0 saturated heterocycles. The topological polar surface area (TPSA) is 61.3 Å². The highest BCUT2D eigenvalue weighted by Gasteiger charge is 2.05. The summed E-state index contributed by atoms with van der Waals surface area (Å²) in [4.78, 5) is 0. The van der Waals surface area contributed by atoms with Crippen molar-refractivity contribution in [3.05, 3.63) is 11.8 Å². The van der Waals surface area contributed by atoms with Crippen LogP contribution >= 0.6 is 0 Å². The van der Waals surface area contributed by atoms with Gasteiger partial charge in [-0.2, -0.15) is 0 Å². The second-order valence-electron chi connectivity index (χ2n) is 2.52. The molecular weight excluding hydrogens is 144 g/mol. The molecule has 0 bridgehead atoms. The normalized spacial score (nSPS) is 13.0. The summed E-state index contributed by atoms with van der Waals surface area (Å²) in [5.74, 6) is 1.26. The monoisotopic (exact) mass is 156 g/mol. The Bertz CT molecular complexity index is 220. The van der Waals surface area contributed by atoms with Crippen molar-refractivity contribution in [3.8, 4) is 5.88 Å². The lowest BCUT2D eigenvalue weighted by molar-refractivity contribution is 0.324. The summed E-state index contributed by atoms with van der Waals surface area (Å²) >= 11 is 0. The van der Waals surface area contributed by atoms with E-state index in [9.17, 15) is 0 Å². The molecule has 0 amide bonds. The molecule has 4 nitrogen and oxygen atoms in total. The maximum atomic E-state index is 5.55. The first-order valence-electron chi connectivity index (χ1n) is 3.47. The van der Waals surface area contributed by atoms with Crippen molar-refractivity contribution in [1.29, 1.82) is 0 Å². The van der Waals surface area contributed by atoms with E-state index in [0.717, 1.165) is 5.76 Å². The summed E-state index contributed by atoms with van der Waals surface area (Å²) in [5.41, 5.74) is 5.55. The lowest BCUT2D eigenvalue weighted by atomic mass is 10.2. The predicted molar refractivity (Wildman–Crippen MR) is 40.4 cm³/mol. The molecule has 4 heteroatoms. The Morgan fingerprint density at radius 1 is 1.82 bits per heavy atom. The van der Waals surface area contributed by atoms with Gasteiger partial charge in [0, 0.05) is 18.5 Å². The van der Waals surface area contributed by atoms with E-state index in [-0.39, 0.29) is 6.04 Å². The quantitative estimate of drug-likeness (QED) is 0.695. The van der Waals surface area contributed by atoms with Crippen LogP contribution in [0.25, 0.3) is 0 Å². The molecule has 0 fully saturated rings. The van der Waals surface area contributed by atoms with Gasteiger partial charge in [0.25, 0.3) is 5.88 Å². The van der Waals surface area contributed by atoms with Gasteiger partial charge in [0.2, 0.25) is 0 Å². The van der Waals surface area contributed by atoms with Gasteiger partial charge in [-0.15, -0.1) is 0 Å². The average Bonchev–Trinajstić information content (AvgIpc) is 2.34. The molecule has 1 rings (SSSR count). The number of aromatic nitrogens is 1.